The van der Waals surface area contributed by atoms with Gasteiger partial charge in [-0.25, -0.2) is 26.3 Å². The van der Waals surface area contributed by atoms with Crippen LogP contribution in [0, 0.1) is 34.9 Å². The smallest absolute Gasteiger partial charge is 0.133 e. The normalized spacial score (nSPS) is 14.0. The number of rotatable bonds is 3. The zero-order chi connectivity index (χ0) is 16.6. The summed E-state index contributed by atoms with van der Waals surface area (Å²) in [6.45, 7) is 0. The van der Waals surface area contributed by atoms with Crippen molar-refractivity contribution in [1.29, 1.82) is 0 Å². The first-order valence-corrected chi connectivity index (χ1v) is 6.02. The Bertz CT molecular complexity index is 611. The van der Waals surface area contributed by atoms with Gasteiger partial charge in [0, 0.05) is 35.4 Å². The van der Waals surface area contributed by atoms with Gasteiger partial charge in [-0.15, -0.1) is 0 Å². The summed E-state index contributed by atoms with van der Waals surface area (Å²) in [4.78, 5) is 0. The van der Waals surface area contributed by atoms with Gasteiger partial charge in [0.15, 0.2) is 0 Å². The van der Waals surface area contributed by atoms with Crippen molar-refractivity contribution in [2.75, 3.05) is 0 Å². The molecule has 4 N–H and O–H groups in total. The number of nitrogens with two attached hydrogens (primary N) is 2. The first-order valence-electron chi connectivity index (χ1n) is 6.02. The summed E-state index contributed by atoms with van der Waals surface area (Å²) in [5, 5.41) is 0. The Morgan fingerprint density at radius 3 is 1.00 bits per heavy atom. The maximum atomic E-state index is 13.6. The Morgan fingerprint density at radius 2 is 0.773 bits per heavy atom. The molecule has 0 aromatic heterocycles. The highest BCUT2D eigenvalue weighted by Gasteiger charge is 2.29. The molecule has 2 atom stereocenters. The summed E-state index contributed by atoms with van der Waals surface area (Å²) in [6, 6.07) is -1.97. The predicted octanol–water partition coefficient (Wildman–Crippen LogP) is 3.22. The highest BCUT2D eigenvalue weighted by atomic mass is 19.2. The third-order valence-electron chi connectivity index (χ3n) is 3.14. The average molecular weight is 320 g/mol. The van der Waals surface area contributed by atoms with Gasteiger partial charge in [-0.3, -0.25) is 0 Å². The van der Waals surface area contributed by atoms with E-state index in [9.17, 15) is 26.3 Å². The van der Waals surface area contributed by atoms with Crippen molar-refractivity contribution >= 4 is 0 Å². The van der Waals surface area contributed by atoms with Gasteiger partial charge in [-0.2, -0.15) is 0 Å². The molecular weight excluding hydrogens is 310 g/mol. The molecule has 0 aliphatic heterocycles. The molecule has 0 bridgehead atoms. The van der Waals surface area contributed by atoms with E-state index in [0.717, 1.165) is 0 Å². The molecule has 8 heteroatoms. The summed E-state index contributed by atoms with van der Waals surface area (Å²) in [5.41, 5.74) is 9.44. The highest BCUT2D eigenvalue weighted by molar-refractivity contribution is 5.31. The van der Waals surface area contributed by atoms with Crippen LogP contribution in [0.25, 0.3) is 0 Å². The fraction of sp³-hybridized carbons (Fsp3) is 0.143. The molecule has 118 valence electrons. The number of hydrogen-bond acceptors (Lipinski definition) is 2. The van der Waals surface area contributed by atoms with Crippen LogP contribution < -0.4 is 11.5 Å². The summed E-state index contributed by atoms with van der Waals surface area (Å²) in [7, 11) is 0. The van der Waals surface area contributed by atoms with Crippen LogP contribution in [0.4, 0.5) is 26.3 Å². The van der Waals surface area contributed by atoms with E-state index in [-0.39, 0.29) is 0 Å². The molecule has 2 nitrogen and oxygen atoms in total. The largest absolute Gasteiger partial charge is 0.322 e. The Balaban J connectivity index is 2.49. The molecule has 22 heavy (non-hydrogen) atoms. The Morgan fingerprint density at radius 1 is 0.545 bits per heavy atom. The van der Waals surface area contributed by atoms with Gasteiger partial charge in [-0.1, -0.05) is 0 Å². The van der Waals surface area contributed by atoms with E-state index >= 15 is 0 Å². The summed E-state index contributed by atoms with van der Waals surface area (Å²) in [6.07, 6.45) is 0. The Kier molecular flexibility index (Phi) is 4.43. The van der Waals surface area contributed by atoms with Crippen molar-refractivity contribution in [2.45, 2.75) is 12.1 Å². The molecule has 0 heterocycles. The predicted molar refractivity (Wildman–Crippen MR) is 66.5 cm³/mol. The zero-order valence-electron chi connectivity index (χ0n) is 10.9. The van der Waals surface area contributed by atoms with Crippen LogP contribution >= 0.6 is 0 Å². The van der Waals surface area contributed by atoms with Gasteiger partial charge in [0.25, 0.3) is 0 Å². The third-order valence-corrected chi connectivity index (χ3v) is 3.14. The molecule has 0 aliphatic rings. The monoisotopic (exact) mass is 320 g/mol. The molecule has 0 amide bonds. The topological polar surface area (TPSA) is 52.0 Å². The van der Waals surface area contributed by atoms with E-state index < -0.39 is 58.1 Å². The van der Waals surface area contributed by atoms with Crippen LogP contribution in [0.2, 0.25) is 0 Å². The second kappa shape index (κ2) is 5.98. The van der Waals surface area contributed by atoms with E-state index in [1.807, 2.05) is 0 Å². The van der Waals surface area contributed by atoms with Gasteiger partial charge in [0.1, 0.15) is 34.9 Å². The standard InChI is InChI=1S/C14H10F6N2/c15-5-1-7(17)11(8(18)2-5)13(21)14(22)12-9(19)3-6(16)4-10(12)20/h1-4,13-14H,21-22H2/t13-,14-/m1/s1. The fourth-order valence-corrected chi connectivity index (χ4v) is 2.10. The van der Waals surface area contributed by atoms with Gasteiger partial charge in [0.2, 0.25) is 0 Å². The van der Waals surface area contributed by atoms with Crippen molar-refractivity contribution in [3.8, 4) is 0 Å². The van der Waals surface area contributed by atoms with Crippen LogP contribution in [0.1, 0.15) is 23.2 Å². The summed E-state index contributed by atoms with van der Waals surface area (Å²) >= 11 is 0. The lowest BCUT2D eigenvalue weighted by atomic mass is 9.93. The van der Waals surface area contributed by atoms with Crippen LogP contribution in [0.3, 0.4) is 0 Å². The van der Waals surface area contributed by atoms with E-state index in [4.69, 9.17) is 11.5 Å². The van der Waals surface area contributed by atoms with E-state index in [0.29, 0.717) is 24.3 Å². The van der Waals surface area contributed by atoms with Gasteiger partial charge in [0.05, 0.1) is 12.1 Å². The Labute approximate surface area is 121 Å². The maximum Gasteiger partial charge on any atom is 0.133 e. The zero-order valence-corrected chi connectivity index (χ0v) is 10.9. The van der Waals surface area contributed by atoms with Crippen LogP contribution in [-0.4, -0.2) is 0 Å². The van der Waals surface area contributed by atoms with Gasteiger partial charge in [-0.05, 0) is 0 Å². The number of hydrogen-bond donors (Lipinski definition) is 2. The van der Waals surface area contributed by atoms with Crippen LogP contribution in [0.5, 0.6) is 0 Å². The molecule has 0 radical (unpaired) electrons. The van der Waals surface area contributed by atoms with E-state index in [1.165, 1.54) is 0 Å². The lowest BCUT2D eigenvalue weighted by Crippen LogP contribution is -2.30. The molecule has 0 saturated heterocycles. The molecule has 2 rings (SSSR count). The molecule has 0 fully saturated rings. The molecule has 2 aromatic rings. The first-order chi connectivity index (χ1) is 10.2. The molecule has 2 aromatic carbocycles. The number of halogens is 6. The molecule has 0 spiro atoms. The summed E-state index contributed by atoms with van der Waals surface area (Å²) < 4.78 is 80.3. The molecule has 0 saturated carbocycles. The van der Waals surface area contributed by atoms with Crippen molar-refractivity contribution < 1.29 is 26.3 Å². The minimum absolute atomic E-state index is 0.363. The second-order valence-corrected chi connectivity index (χ2v) is 4.62. The van der Waals surface area contributed by atoms with E-state index in [2.05, 4.69) is 0 Å². The van der Waals surface area contributed by atoms with E-state index in [1.54, 1.807) is 0 Å². The van der Waals surface area contributed by atoms with Crippen LogP contribution in [0.15, 0.2) is 24.3 Å². The number of benzene rings is 2. The fourth-order valence-electron chi connectivity index (χ4n) is 2.10. The first kappa shape index (κ1) is 16.3. The quantitative estimate of drug-likeness (QED) is 0.853. The molecular formula is C14H10F6N2. The molecule has 0 aliphatic carbocycles. The van der Waals surface area contributed by atoms with Crippen molar-refractivity contribution in [1.82, 2.24) is 0 Å². The van der Waals surface area contributed by atoms with Gasteiger partial charge >= 0.3 is 0 Å². The van der Waals surface area contributed by atoms with Crippen molar-refractivity contribution in [3.05, 3.63) is 70.3 Å². The summed E-state index contributed by atoms with van der Waals surface area (Å²) in [5.74, 6) is -7.74. The van der Waals surface area contributed by atoms with Crippen LogP contribution in [-0.2, 0) is 0 Å². The highest BCUT2D eigenvalue weighted by Crippen LogP contribution is 2.32. The van der Waals surface area contributed by atoms with Crippen molar-refractivity contribution in [3.63, 3.8) is 0 Å². The lowest BCUT2D eigenvalue weighted by Gasteiger charge is -2.22. The van der Waals surface area contributed by atoms with Crippen molar-refractivity contribution in [2.24, 2.45) is 11.5 Å². The second-order valence-electron chi connectivity index (χ2n) is 4.62. The van der Waals surface area contributed by atoms with Gasteiger partial charge < -0.3 is 11.5 Å². The Hall–Kier alpha value is -2.06. The SMILES string of the molecule is N[C@H](c1c(F)cc(F)cc1F)[C@H](N)c1c(F)cc(F)cc1F. The minimum atomic E-state index is -1.71. The average Bonchev–Trinajstić information content (AvgIpc) is 2.35. The molecule has 0 unspecified atom stereocenters. The maximum absolute atomic E-state index is 13.6. The third kappa shape index (κ3) is 2.93. The lowest BCUT2D eigenvalue weighted by molar-refractivity contribution is 0.442. The minimum Gasteiger partial charge on any atom is -0.322 e.